The number of nitro benzene ring substituents is 1. The van der Waals surface area contributed by atoms with Gasteiger partial charge in [0, 0.05) is 23.3 Å². The molecular formula is C14H20N4O4. The summed E-state index contributed by atoms with van der Waals surface area (Å²) in [5.41, 5.74) is 2.97. The van der Waals surface area contributed by atoms with E-state index in [0.29, 0.717) is 5.75 Å². The Labute approximate surface area is 128 Å². The molecule has 0 bridgehead atoms. The van der Waals surface area contributed by atoms with Crippen molar-refractivity contribution < 1.29 is 14.5 Å². The number of non-ortho nitro benzene ring substituents is 1. The van der Waals surface area contributed by atoms with Crippen LogP contribution in [0.15, 0.2) is 23.3 Å². The van der Waals surface area contributed by atoms with Crippen LogP contribution in [0, 0.1) is 15.5 Å². The molecule has 0 spiro atoms. The largest absolute Gasteiger partial charge is 0.495 e. The third-order valence-electron chi connectivity index (χ3n) is 3.05. The molecule has 0 unspecified atom stereocenters. The van der Waals surface area contributed by atoms with Crippen LogP contribution < -0.4 is 15.5 Å². The van der Waals surface area contributed by atoms with E-state index in [2.05, 4.69) is 15.8 Å². The minimum atomic E-state index is -0.609. The van der Waals surface area contributed by atoms with Crippen molar-refractivity contribution in [2.45, 2.75) is 27.7 Å². The van der Waals surface area contributed by atoms with Crippen LogP contribution >= 0.6 is 0 Å². The van der Waals surface area contributed by atoms with E-state index in [-0.39, 0.29) is 16.8 Å². The first-order chi connectivity index (χ1) is 10.1. The van der Waals surface area contributed by atoms with Crippen molar-refractivity contribution in [1.82, 2.24) is 5.43 Å². The molecule has 0 aliphatic carbocycles. The zero-order chi connectivity index (χ0) is 16.9. The third-order valence-corrected chi connectivity index (χ3v) is 3.05. The number of urea groups is 1. The number of ether oxygens (including phenoxy) is 1. The molecule has 2 amide bonds. The predicted molar refractivity (Wildman–Crippen MR) is 84.4 cm³/mol. The predicted octanol–water partition coefficient (Wildman–Crippen LogP) is 3.15. The summed E-state index contributed by atoms with van der Waals surface area (Å²) >= 11 is 0. The minimum absolute atomic E-state index is 0.148. The second-order valence-corrected chi connectivity index (χ2v) is 5.65. The average Bonchev–Trinajstić information content (AvgIpc) is 2.43. The number of methoxy groups -OCH3 is 1. The third kappa shape index (κ3) is 4.72. The number of rotatable bonds is 4. The highest BCUT2D eigenvalue weighted by molar-refractivity contribution is 5.93. The topological polar surface area (TPSA) is 106 Å². The second kappa shape index (κ2) is 6.88. The number of nitrogens with zero attached hydrogens (tertiary/aromatic N) is 2. The van der Waals surface area contributed by atoms with Gasteiger partial charge in [0.1, 0.15) is 5.75 Å². The Kier molecular flexibility index (Phi) is 5.44. The number of carbonyl (C=O) groups is 1. The molecule has 1 rings (SSSR count). The molecule has 0 heterocycles. The summed E-state index contributed by atoms with van der Waals surface area (Å²) in [6, 6.07) is 3.32. The molecule has 0 aliphatic rings. The lowest BCUT2D eigenvalue weighted by Gasteiger charge is -2.17. The molecule has 2 N–H and O–H groups in total. The van der Waals surface area contributed by atoms with Gasteiger partial charge < -0.3 is 10.1 Å². The number of carbonyl (C=O) groups excluding carboxylic acids is 1. The fraction of sp³-hybridized carbons (Fsp3) is 0.429. The highest BCUT2D eigenvalue weighted by Gasteiger charge is 2.16. The van der Waals surface area contributed by atoms with E-state index in [0.717, 1.165) is 5.71 Å². The molecule has 1 aromatic rings. The summed E-state index contributed by atoms with van der Waals surface area (Å²) in [6.45, 7) is 7.70. The van der Waals surface area contributed by atoms with E-state index in [1.165, 1.54) is 25.3 Å². The lowest BCUT2D eigenvalue weighted by Crippen LogP contribution is -2.28. The van der Waals surface area contributed by atoms with Crippen molar-refractivity contribution in [2.75, 3.05) is 12.4 Å². The number of anilines is 1. The molecule has 0 saturated carbocycles. The summed E-state index contributed by atoms with van der Waals surface area (Å²) in [5, 5.41) is 17.2. The molecule has 0 radical (unpaired) electrons. The van der Waals surface area contributed by atoms with Crippen LogP contribution in [0.25, 0.3) is 0 Å². The van der Waals surface area contributed by atoms with Crippen molar-refractivity contribution in [3.05, 3.63) is 28.3 Å². The maximum absolute atomic E-state index is 11.8. The standard InChI is InChI=1S/C14H20N4O4/c1-9(14(2,3)4)16-17-13(19)15-11-8-10(18(20)21)6-7-12(11)22-5/h6-8H,1-5H3,(H2,15,17,19)/b16-9-. The van der Waals surface area contributed by atoms with Crippen LogP contribution in [0.3, 0.4) is 0 Å². The number of hydrogen-bond acceptors (Lipinski definition) is 5. The maximum Gasteiger partial charge on any atom is 0.339 e. The molecule has 120 valence electrons. The molecule has 8 nitrogen and oxygen atoms in total. The maximum atomic E-state index is 11.8. The van der Waals surface area contributed by atoms with Gasteiger partial charge in [-0.3, -0.25) is 10.1 Å². The lowest BCUT2D eigenvalue weighted by atomic mass is 9.91. The molecule has 0 atom stereocenters. The first kappa shape index (κ1) is 17.4. The molecule has 1 aromatic carbocycles. The summed E-state index contributed by atoms with van der Waals surface area (Å²) in [6.07, 6.45) is 0. The van der Waals surface area contributed by atoms with E-state index in [1.54, 1.807) is 6.92 Å². The molecule has 0 saturated heterocycles. The SMILES string of the molecule is COc1ccc([N+](=O)[O-])cc1NC(=O)N/N=C(/C)C(C)(C)C. The van der Waals surface area contributed by atoms with E-state index in [9.17, 15) is 14.9 Å². The monoisotopic (exact) mass is 308 g/mol. The number of hydrazone groups is 1. The summed E-state index contributed by atoms with van der Waals surface area (Å²) in [4.78, 5) is 22.1. The van der Waals surface area contributed by atoms with Gasteiger partial charge in [0.05, 0.1) is 17.7 Å². The summed E-state index contributed by atoms with van der Waals surface area (Å²) in [5.74, 6) is 0.317. The quantitative estimate of drug-likeness (QED) is 0.506. The van der Waals surface area contributed by atoms with E-state index >= 15 is 0 Å². The summed E-state index contributed by atoms with van der Waals surface area (Å²) in [7, 11) is 1.41. The minimum Gasteiger partial charge on any atom is -0.495 e. The first-order valence-electron chi connectivity index (χ1n) is 6.59. The van der Waals surface area contributed by atoms with Gasteiger partial charge in [-0.25, -0.2) is 10.2 Å². The molecule has 22 heavy (non-hydrogen) atoms. The van der Waals surface area contributed by atoms with Crippen molar-refractivity contribution >= 4 is 23.1 Å². The number of nitrogens with one attached hydrogen (secondary N) is 2. The van der Waals surface area contributed by atoms with E-state index < -0.39 is 11.0 Å². The van der Waals surface area contributed by atoms with Crippen LogP contribution in [0.2, 0.25) is 0 Å². The number of nitro groups is 1. The van der Waals surface area contributed by atoms with Gasteiger partial charge in [-0.1, -0.05) is 20.8 Å². The highest BCUT2D eigenvalue weighted by Crippen LogP contribution is 2.28. The highest BCUT2D eigenvalue weighted by atomic mass is 16.6. The molecule has 0 fully saturated rings. The Morgan fingerprint density at radius 1 is 1.36 bits per heavy atom. The fourth-order valence-corrected chi connectivity index (χ4v) is 1.36. The molecular weight excluding hydrogens is 288 g/mol. The Bertz CT molecular complexity index is 605. The van der Waals surface area contributed by atoms with Gasteiger partial charge in [-0.05, 0) is 13.0 Å². The zero-order valence-electron chi connectivity index (χ0n) is 13.3. The Balaban J connectivity index is 2.88. The van der Waals surface area contributed by atoms with Crippen LogP contribution in [0.1, 0.15) is 27.7 Å². The van der Waals surface area contributed by atoms with E-state index in [4.69, 9.17) is 4.74 Å². The Morgan fingerprint density at radius 3 is 2.50 bits per heavy atom. The zero-order valence-corrected chi connectivity index (χ0v) is 13.3. The van der Waals surface area contributed by atoms with Crippen molar-refractivity contribution in [3.63, 3.8) is 0 Å². The van der Waals surface area contributed by atoms with Crippen LogP contribution in [0.5, 0.6) is 5.75 Å². The van der Waals surface area contributed by atoms with Gasteiger partial charge in [0.2, 0.25) is 0 Å². The van der Waals surface area contributed by atoms with Gasteiger partial charge in [0.25, 0.3) is 5.69 Å². The van der Waals surface area contributed by atoms with Gasteiger partial charge in [-0.15, -0.1) is 0 Å². The van der Waals surface area contributed by atoms with E-state index in [1.807, 2.05) is 20.8 Å². The Morgan fingerprint density at radius 2 is 2.00 bits per heavy atom. The van der Waals surface area contributed by atoms with Crippen molar-refractivity contribution in [1.29, 1.82) is 0 Å². The Hall–Kier alpha value is -2.64. The fourth-order valence-electron chi connectivity index (χ4n) is 1.36. The molecule has 0 aromatic heterocycles. The first-order valence-corrected chi connectivity index (χ1v) is 6.59. The molecule has 8 heteroatoms. The van der Waals surface area contributed by atoms with Gasteiger partial charge >= 0.3 is 6.03 Å². The van der Waals surface area contributed by atoms with Crippen LogP contribution in [-0.4, -0.2) is 23.8 Å². The average molecular weight is 308 g/mol. The number of hydrogen-bond donors (Lipinski definition) is 2. The normalized spacial score (nSPS) is 11.8. The van der Waals surface area contributed by atoms with Crippen molar-refractivity contribution in [2.24, 2.45) is 10.5 Å². The van der Waals surface area contributed by atoms with Gasteiger partial charge in [-0.2, -0.15) is 5.10 Å². The van der Waals surface area contributed by atoms with Crippen molar-refractivity contribution in [3.8, 4) is 5.75 Å². The number of amides is 2. The molecule has 0 aliphatic heterocycles. The smallest absolute Gasteiger partial charge is 0.339 e. The summed E-state index contributed by atoms with van der Waals surface area (Å²) < 4.78 is 5.06. The number of benzene rings is 1. The second-order valence-electron chi connectivity index (χ2n) is 5.65. The van der Waals surface area contributed by atoms with Crippen LogP contribution in [0.4, 0.5) is 16.2 Å². The lowest BCUT2D eigenvalue weighted by molar-refractivity contribution is -0.384. The van der Waals surface area contributed by atoms with Crippen LogP contribution in [-0.2, 0) is 0 Å². The van der Waals surface area contributed by atoms with Gasteiger partial charge in [0.15, 0.2) is 0 Å².